The van der Waals surface area contributed by atoms with Crippen molar-refractivity contribution in [3.63, 3.8) is 0 Å². The predicted octanol–water partition coefficient (Wildman–Crippen LogP) is 7.30. The zero-order valence-corrected chi connectivity index (χ0v) is 21.7. The summed E-state index contributed by atoms with van der Waals surface area (Å²) in [5, 5.41) is 0. The van der Waals surface area contributed by atoms with Gasteiger partial charge in [0.25, 0.3) is 0 Å². The molecule has 2 fully saturated rings. The van der Waals surface area contributed by atoms with Crippen LogP contribution in [0.2, 0.25) is 0 Å². The molecule has 0 aliphatic heterocycles. The highest BCUT2D eigenvalue weighted by Gasteiger charge is 2.57. The van der Waals surface area contributed by atoms with Crippen molar-refractivity contribution in [2.45, 2.75) is 71.3 Å². The van der Waals surface area contributed by atoms with Crippen LogP contribution in [0.25, 0.3) is 5.57 Å². The SMILES string of the molecule is C[C@]12CCC(NOC(=O)Cc3ccccc3)C=C1CC[C@@H]1C2CC[C@]2(C)C(c3ccccc3)=CC[C@@H]12. The molecule has 0 saturated heterocycles. The van der Waals surface area contributed by atoms with Gasteiger partial charge < -0.3 is 4.84 Å². The van der Waals surface area contributed by atoms with E-state index in [2.05, 4.69) is 61.8 Å². The van der Waals surface area contributed by atoms with Crippen molar-refractivity contribution < 1.29 is 9.63 Å². The number of benzene rings is 2. The zero-order valence-electron chi connectivity index (χ0n) is 21.7. The third-order valence-electron chi connectivity index (χ3n) is 10.3. The summed E-state index contributed by atoms with van der Waals surface area (Å²) in [6, 6.07) is 21.0. The first kappa shape index (κ1) is 23.7. The normalized spacial score (nSPS) is 35.1. The van der Waals surface area contributed by atoms with Crippen molar-refractivity contribution in [3.8, 4) is 0 Å². The third kappa shape index (κ3) is 4.06. The van der Waals surface area contributed by atoms with Gasteiger partial charge in [-0.05, 0) is 90.2 Å². The minimum atomic E-state index is -0.217. The molecule has 6 atom stereocenters. The lowest BCUT2D eigenvalue weighted by molar-refractivity contribution is -0.151. The maximum atomic E-state index is 12.3. The number of carbonyl (C=O) groups excluding carboxylic acids is 1. The van der Waals surface area contributed by atoms with E-state index in [1.54, 1.807) is 11.1 Å². The maximum absolute atomic E-state index is 12.3. The Morgan fingerprint density at radius 3 is 2.42 bits per heavy atom. The standard InChI is InChI=1S/C33H39NO2/c1-32-19-17-26(34-36-31(35)21-23-9-5-3-6-10-23)22-25(32)13-14-27-29-16-15-28(24-11-7-4-8-12-24)33(29,2)20-18-30(27)32/h3-12,15,22,26-27,29-30,34H,13-14,16-21H2,1-2H3/t26?,27-,29-,30?,32-,33+/m0/s1. The fourth-order valence-electron chi connectivity index (χ4n) is 8.39. The van der Waals surface area contributed by atoms with E-state index >= 15 is 0 Å². The van der Waals surface area contributed by atoms with E-state index in [0.717, 1.165) is 29.7 Å². The van der Waals surface area contributed by atoms with Crippen molar-refractivity contribution in [2.75, 3.05) is 0 Å². The molecule has 0 amide bonds. The molecule has 1 N–H and O–H groups in total. The molecule has 0 aromatic heterocycles. The summed E-state index contributed by atoms with van der Waals surface area (Å²) in [6.45, 7) is 5.09. The third-order valence-corrected chi connectivity index (χ3v) is 10.3. The Bertz CT molecular complexity index is 1170. The van der Waals surface area contributed by atoms with Crippen molar-refractivity contribution >= 4 is 11.5 Å². The van der Waals surface area contributed by atoms with Gasteiger partial charge in [0.2, 0.25) is 0 Å². The van der Waals surface area contributed by atoms with Gasteiger partial charge in [-0.1, -0.05) is 92.2 Å². The zero-order chi connectivity index (χ0) is 24.8. The highest BCUT2D eigenvalue weighted by atomic mass is 16.7. The van der Waals surface area contributed by atoms with Crippen molar-refractivity contribution in [1.82, 2.24) is 5.48 Å². The van der Waals surface area contributed by atoms with Gasteiger partial charge in [0.05, 0.1) is 12.5 Å². The van der Waals surface area contributed by atoms with E-state index in [-0.39, 0.29) is 17.4 Å². The fraction of sp³-hybridized carbons (Fsp3) is 0.485. The van der Waals surface area contributed by atoms with Gasteiger partial charge in [-0.25, -0.2) is 0 Å². The topological polar surface area (TPSA) is 38.3 Å². The van der Waals surface area contributed by atoms with Gasteiger partial charge >= 0.3 is 5.97 Å². The maximum Gasteiger partial charge on any atom is 0.329 e. The van der Waals surface area contributed by atoms with Crippen LogP contribution in [0.4, 0.5) is 0 Å². The summed E-state index contributed by atoms with van der Waals surface area (Å²) in [4.78, 5) is 17.8. The molecule has 4 aliphatic rings. The van der Waals surface area contributed by atoms with Crippen LogP contribution in [0, 0.1) is 28.6 Å². The number of allylic oxidation sites excluding steroid dienone is 3. The van der Waals surface area contributed by atoms with E-state index in [0.29, 0.717) is 11.8 Å². The quantitative estimate of drug-likeness (QED) is 0.360. The smallest absolute Gasteiger partial charge is 0.329 e. The Hall–Kier alpha value is -2.65. The van der Waals surface area contributed by atoms with Gasteiger partial charge in [0.15, 0.2) is 0 Å². The largest absolute Gasteiger partial charge is 0.370 e. The number of rotatable bonds is 5. The van der Waals surface area contributed by atoms with E-state index < -0.39 is 0 Å². The van der Waals surface area contributed by atoms with E-state index in [1.807, 2.05) is 30.3 Å². The van der Waals surface area contributed by atoms with Crippen molar-refractivity contribution in [2.24, 2.45) is 28.6 Å². The van der Waals surface area contributed by atoms with Crippen LogP contribution >= 0.6 is 0 Å². The molecule has 2 aromatic rings. The molecule has 3 heteroatoms. The number of fused-ring (bicyclic) bond motifs is 5. The van der Waals surface area contributed by atoms with Gasteiger partial charge in [-0.3, -0.25) is 4.79 Å². The summed E-state index contributed by atoms with van der Waals surface area (Å²) in [7, 11) is 0. The molecular weight excluding hydrogens is 442 g/mol. The molecule has 0 radical (unpaired) electrons. The first-order valence-electron chi connectivity index (χ1n) is 13.9. The molecule has 36 heavy (non-hydrogen) atoms. The second-order valence-corrected chi connectivity index (χ2v) is 12.1. The Morgan fingerprint density at radius 2 is 1.64 bits per heavy atom. The Balaban J connectivity index is 1.13. The van der Waals surface area contributed by atoms with Crippen LogP contribution in [0.15, 0.2) is 78.4 Å². The average molecular weight is 482 g/mol. The molecule has 0 heterocycles. The summed E-state index contributed by atoms with van der Waals surface area (Å²) >= 11 is 0. The first-order valence-corrected chi connectivity index (χ1v) is 13.9. The highest BCUT2D eigenvalue weighted by molar-refractivity contribution is 5.73. The molecule has 188 valence electrons. The second kappa shape index (κ2) is 9.34. The van der Waals surface area contributed by atoms with Crippen LogP contribution in [0.1, 0.15) is 69.9 Å². The van der Waals surface area contributed by atoms with Gasteiger partial charge in [0, 0.05) is 0 Å². The van der Waals surface area contributed by atoms with Crippen LogP contribution in [-0.4, -0.2) is 12.0 Å². The van der Waals surface area contributed by atoms with Crippen molar-refractivity contribution in [3.05, 3.63) is 89.5 Å². The molecule has 2 saturated carbocycles. The molecule has 0 spiro atoms. The predicted molar refractivity (Wildman–Crippen MR) is 145 cm³/mol. The number of hydrogen-bond acceptors (Lipinski definition) is 3. The molecule has 2 aromatic carbocycles. The van der Waals surface area contributed by atoms with E-state index in [1.165, 1.54) is 44.1 Å². The molecular formula is C33H39NO2. The van der Waals surface area contributed by atoms with Gasteiger partial charge in [-0.15, -0.1) is 5.48 Å². The molecule has 6 rings (SSSR count). The summed E-state index contributed by atoms with van der Waals surface area (Å²) in [5.41, 5.74) is 9.31. The molecule has 2 unspecified atom stereocenters. The van der Waals surface area contributed by atoms with Crippen LogP contribution in [0.5, 0.6) is 0 Å². The number of hydrogen-bond donors (Lipinski definition) is 1. The van der Waals surface area contributed by atoms with Gasteiger partial charge in [0.1, 0.15) is 0 Å². The van der Waals surface area contributed by atoms with Crippen molar-refractivity contribution in [1.29, 1.82) is 0 Å². The second-order valence-electron chi connectivity index (χ2n) is 12.1. The Morgan fingerprint density at radius 1 is 0.917 bits per heavy atom. The summed E-state index contributed by atoms with van der Waals surface area (Å²) in [5.74, 6) is 2.11. The van der Waals surface area contributed by atoms with E-state index in [9.17, 15) is 4.79 Å². The molecule has 3 nitrogen and oxygen atoms in total. The minimum absolute atomic E-state index is 0.121. The van der Waals surface area contributed by atoms with Crippen LogP contribution in [0.3, 0.4) is 0 Å². The van der Waals surface area contributed by atoms with Crippen LogP contribution < -0.4 is 5.48 Å². The Labute approximate surface area is 216 Å². The van der Waals surface area contributed by atoms with Gasteiger partial charge in [-0.2, -0.15) is 0 Å². The summed E-state index contributed by atoms with van der Waals surface area (Å²) < 4.78 is 0. The highest BCUT2D eigenvalue weighted by Crippen LogP contribution is 2.66. The minimum Gasteiger partial charge on any atom is -0.370 e. The Kier molecular flexibility index (Phi) is 6.16. The lowest BCUT2D eigenvalue weighted by Gasteiger charge is -2.58. The first-order chi connectivity index (χ1) is 17.5. The molecule has 4 aliphatic carbocycles. The lowest BCUT2D eigenvalue weighted by Crippen LogP contribution is -2.51. The average Bonchev–Trinajstić information content (AvgIpc) is 3.26. The number of carbonyl (C=O) groups is 1. The number of hydroxylamine groups is 1. The summed E-state index contributed by atoms with van der Waals surface area (Å²) in [6.07, 6.45) is 13.8. The lowest BCUT2D eigenvalue weighted by atomic mass is 9.46. The fourth-order valence-corrected chi connectivity index (χ4v) is 8.39. The van der Waals surface area contributed by atoms with Crippen LogP contribution in [-0.2, 0) is 16.1 Å². The molecule has 0 bridgehead atoms. The number of nitrogens with one attached hydrogen (secondary N) is 1. The monoisotopic (exact) mass is 481 g/mol. The van der Waals surface area contributed by atoms with E-state index in [4.69, 9.17) is 4.84 Å².